The molecule has 0 saturated heterocycles. The minimum atomic E-state index is -0.341. The standard InChI is InChI=1S/C28H27N3O3/c1-19-9-4-6-11-22(19)29-28(32)31-18-21-10-5-7-12-23(21)30-16-8-13-24(30)27(31)20-14-15-25(33-2)26(17-20)34-3/h4-17,27H,18H2,1-3H3,(H,29,32)/t27-/m0/s1. The Morgan fingerprint density at radius 2 is 1.68 bits per heavy atom. The number of nitrogens with one attached hydrogen (secondary N) is 1. The number of para-hydroxylation sites is 2. The van der Waals surface area contributed by atoms with Gasteiger partial charge in [-0.15, -0.1) is 0 Å². The Morgan fingerprint density at radius 3 is 2.47 bits per heavy atom. The first-order valence-electron chi connectivity index (χ1n) is 11.2. The van der Waals surface area contributed by atoms with Crippen molar-refractivity contribution in [3.8, 4) is 17.2 Å². The van der Waals surface area contributed by atoms with E-state index in [9.17, 15) is 4.79 Å². The lowest BCUT2D eigenvalue weighted by Crippen LogP contribution is -2.38. The van der Waals surface area contributed by atoms with Crippen LogP contribution in [0.3, 0.4) is 0 Å². The van der Waals surface area contributed by atoms with Crippen LogP contribution >= 0.6 is 0 Å². The monoisotopic (exact) mass is 453 g/mol. The minimum absolute atomic E-state index is 0.168. The van der Waals surface area contributed by atoms with Gasteiger partial charge in [0.1, 0.15) is 0 Å². The van der Waals surface area contributed by atoms with E-state index in [-0.39, 0.29) is 12.1 Å². The van der Waals surface area contributed by atoms with Gasteiger partial charge in [-0.05, 0) is 60.0 Å². The van der Waals surface area contributed by atoms with Gasteiger partial charge in [0.05, 0.1) is 32.5 Å². The molecule has 2 amide bonds. The van der Waals surface area contributed by atoms with E-state index in [0.29, 0.717) is 18.0 Å². The molecule has 2 heterocycles. The van der Waals surface area contributed by atoms with Crippen LogP contribution in [-0.4, -0.2) is 29.7 Å². The van der Waals surface area contributed by atoms with Crippen LogP contribution in [0.4, 0.5) is 10.5 Å². The number of hydrogen-bond acceptors (Lipinski definition) is 3. The van der Waals surface area contributed by atoms with Crippen molar-refractivity contribution in [2.45, 2.75) is 19.5 Å². The van der Waals surface area contributed by atoms with Crippen LogP contribution in [0.1, 0.15) is 28.4 Å². The molecule has 6 nitrogen and oxygen atoms in total. The molecule has 1 aromatic heterocycles. The lowest BCUT2D eigenvalue weighted by Gasteiger charge is -2.31. The lowest BCUT2D eigenvalue weighted by molar-refractivity contribution is 0.194. The average molecular weight is 454 g/mol. The fourth-order valence-corrected chi connectivity index (χ4v) is 4.61. The van der Waals surface area contributed by atoms with Crippen molar-refractivity contribution < 1.29 is 14.3 Å². The topological polar surface area (TPSA) is 55.7 Å². The van der Waals surface area contributed by atoms with Crippen LogP contribution in [-0.2, 0) is 6.54 Å². The summed E-state index contributed by atoms with van der Waals surface area (Å²) in [5.74, 6) is 1.27. The smallest absolute Gasteiger partial charge is 0.322 e. The lowest BCUT2D eigenvalue weighted by atomic mass is 10.0. The van der Waals surface area contributed by atoms with E-state index in [4.69, 9.17) is 9.47 Å². The normalized spacial score (nSPS) is 14.6. The molecule has 0 aliphatic carbocycles. The largest absolute Gasteiger partial charge is 0.493 e. The molecule has 1 aliphatic heterocycles. The maximum atomic E-state index is 13.8. The second kappa shape index (κ2) is 8.98. The number of urea groups is 1. The minimum Gasteiger partial charge on any atom is -0.493 e. The zero-order valence-electron chi connectivity index (χ0n) is 19.5. The van der Waals surface area contributed by atoms with Gasteiger partial charge in [-0.2, -0.15) is 0 Å². The van der Waals surface area contributed by atoms with Gasteiger partial charge in [-0.25, -0.2) is 4.79 Å². The Morgan fingerprint density at radius 1 is 0.912 bits per heavy atom. The van der Waals surface area contributed by atoms with Gasteiger partial charge in [-0.1, -0.05) is 42.5 Å². The molecular weight excluding hydrogens is 426 g/mol. The summed E-state index contributed by atoms with van der Waals surface area (Å²) in [6.45, 7) is 2.44. The van der Waals surface area contributed by atoms with Gasteiger partial charge in [0.25, 0.3) is 0 Å². The SMILES string of the molecule is COc1ccc([C@H]2c3cccn3-c3ccccc3CN2C(=O)Nc2ccccc2C)cc1OC. The number of anilines is 1. The van der Waals surface area contributed by atoms with Gasteiger partial charge < -0.3 is 24.3 Å². The zero-order valence-corrected chi connectivity index (χ0v) is 19.5. The number of rotatable bonds is 4. The van der Waals surface area contributed by atoms with Crippen molar-refractivity contribution in [2.24, 2.45) is 0 Å². The van der Waals surface area contributed by atoms with Gasteiger partial charge in [0.2, 0.25) is 0 Å². The van der Waals surface area contributed by atoms with E-state index in [1.54, 1.807) is 14.2 Å². The number of aromatic nitrogens is 1. The van der Waals surface area contributed by atoms with Crippen molar-refractivity contribution in [3.63, 3.8) is 0 Å². The van der Waals surface area contributed by atoms with Crippen molar-refractivity contribution in [1.29, 1.82) is 0 Å². The van der Waals surface area contributed by atoms with E-state index in [1.165, 1.54) is 0 Å². The summed E-state index contributed by atoms with van der Waals surface area (Å²) in [7, 11) is 3.24. The summed E-state index contributed by atoms with van der Waals surface area (Å²) in [6.07, 6.45) is 2.05. The Hall–Kier alpha value is -4.19. The second-order valence-corrected chi connectivity index (χ2v) is 8.32. The number of benzene rings is 3. The fraction of sp³-hybridized carbons (Fsp3) is 0.179. The number of fused-ring (bicyclic) bond motifs is 3. The molecule has 0 fully saturated rings. The molecule has 0 spiro atoms. The maximum Gasteiger partial charge on any atom is 0.322 e. The third-order valence-corrected chi connectivity index (χ3v) is 6.33. The van der Waals surface area contributed by atoms with E-state index >= 15 is 0 Å². The predicted octanol–water partition coefficient (Wildman–Crippen LogP) is 5.94. The molecule has 6 heteroatoms. The quantitative estimate of drug-likeness (QED) is 0.416. The number of aryl methyl sites for hydroxylation is 1. The fourth-order valence-electron chi connectivity index (χ4n) is 4.61. The summed E-state index contributed by atoms with van der Waals surface area (Å²) in [5, 5.41) is 3.13. The van der Waals surface area contributed by atoms with Crippen LogP contribution < -0.4 is 14.8 Å². The Balaban J connectivity index is 1.66. The second-order valence-electron chi connectivity index (χ2n) is 8.32. The molecule has 0 radical (unpaired) electrons. The first-order valence-corrected chi connectivity index (χ1v) is 11.2. The molecule has 0 saturated carbocycles. The Labute approximate surface area is 199 Å². The molecule has 1 aliphatic rings. The maximum absolute atomic E-state index is 13.8. The summed E-state index contributed by atoms with van der Waals surface area (Å²) in [5.41, 5.74) is 5.88. The number of ether oxygens (including phenoxy) is 2. The highest BCUT2D eigenvalue weighted by molar-refractivity contribution is 5.91. The number of methoxy groups -OCH3 is 2. The highest BCUT2D eigenvalue weighted by Gasteiger charge is 2.33. The number of nitrogens with zero attached hydrogens (tertiary/aromatic N) is 2. The number of carbonyl (C=O) groups excluding carboxylic acids is 1. The molecule has 0 bridgehead atoms. The van der Waals surface area contributed by atoms with Crippen molar-refractivity contribution in [2.75, 3.05) is 19.5 Å². The summed E-state index contributed by atoms with van der Waals surface area (Å²) in [6, 6.07) is 25.4. The average Bonchev–Trinajstić information content (AvgIpc) is 3.29. The first kappa shape index (κ1) is 21.6. The van der Waals surface area contributed by atoms with Gasteiger partial charge >= 0.3 is 6.03 Å². The highest BCUT2D eigenvalue weighted by atomic mass is 16.5. The van der Waals surface area contributed by atoms with Crippen LogP contribution in [0.15, 0.2) is 85.1 Å². The zero-order chi connectivity index (χ0) is 23.7. The van der Waals surface area contributed by atoms with Crippen LogP contribution in [0.5, 0.6) is 11.5 Å². The summed E-state index contributed by atoms with van der Waals surface area (Å²) >= 11 is 0. The van der Waals surface area contributed by atoms with Crippen molar-refractivity contribution in [1.82, 2.24) is 9.47 Å². The third-order valence-electron chi connectivity index (χ3n) is 6.33. The van der Waals surface area contributed by atoms with E-state index in [1.807, 2.05) is 78.7 Å². The summed E-state index contributed by atoms with van der Waals surface area (Å²) in [4.78, 5) is 15.7. The molecule has 34 heavy (non-hydrogen) atoms. The van der Waals surface area contributed by atoms with E-state index in [0.717, 1.165) is 33.8 Å². The highest BCUT2D eigenvalue weighted by Crippen LogP contribution is 2.39. The molecule has 172 valence electrons. The number of amides is 2. The Bertz CT molecular complexity index is 1340. The van der Waals surface area contributed by atoms with E-state index in [2.05, 4.69) is 28.1 Å². The third kappa shape index (κ3) is 3.77. The van der Waals surface area contributed by atoms with Crippen molar-refractivity contribution in [3.05, 3.63) is 107 Å². The van der Waals surface area contributed by atoms with Crippen molar-refractivity contribution >= 4 is 11.7 Å². The Kier molecular flexibility index (Phi) is 5.72. The van der Waals surface area contributed by atoms with Gasteiger partial charge in [-0.3, -0.25) is 0 Å². The molecular formula is C28H27N3O3. The molecule has 3 aromatic carbocycles. The van der Waals surface area contributed by atoms with Gasteiger partial charge in [0, 0.05) is 17.6 Å². The first-order chi connectivity index (χ1) is 16.6. The van der Waals surface area contributed by atoms with Gasteiger partial charge in [0.15, 0.2) is 11.5 Å². The molecule has 1 N–H and O–H groups in total. The number of hydrogen-bond donors (Lipinski definition) is 1. The number of carbonyl (C=O) groups is 1. The molecule has 0 unspecified atom stereocenters. The van der Waals surface area contributed by atoms with E-state index < -0.39 is 0 Å². The molecule has 1 atom stereocenters. The van der Waals surface area contributed by atoms with Crippen LogP contribution in [0, 0.1) is 6.92 Å². The molecule has 5 rings (SSSR count). The summed E-state index contributed by atoms with van der Waals surface area (Å²) < 4.78 is 13.2. The van der Waals surface area contributed by atoms with Crippen LogP contribution in [0.2, 0.25) is 0 Å². The predicted molar refractivity (Wildman–Crippen MR) is 133 cm³/mol. The van der Waals surface area contributed by atoms with Crippen LogP contribution in [0.25, 0.3) is 5.69 Å². The molecule has 4 aromatic rings.